The number of benzene rings is 3. The molecular weight excluding hydrogens is 592 g/mol. The van der Waals surface area contributed by atoms with Gasteiger partial charge in [0.15, 0.2) is 46.1 Å². The van der Waals surface area contributed by atoms with Crippen molar-refractivity contribution in [2.24, 2.45) is 5.92 Å². The molecule has 0 N–H and O–H groups in total. The third kappa shape index (κ3) is 7.94. The van der Waals surface area contributed by atoms with Gasteiger partial charge in [0.2, 0.25) is 0 Å². The van der Waals surface area contributed by atoms with Gasteiger partial charge in [0.1, 0.15) is 17.3 Å². The summed E-state index contributed by atoms with van der Waals surface area (Å²) in [5.41, 5.74) is -0.0743. The molecule has 0 bridgehead atoms. The molecule has 10 nitrogen and oxygen atoms in total. The van der Waals surface area contributed by atoms with E-state index >= 15 is 0 Å². The number of hydrogen-bond acceptors (Lipinski definition) is 10. The van der Waals surface area contributed by atoms with Gasteiger partial charge in [0.25, 0.3) is 0 Å². The van der Waals surface area contributed by atoms with Gasteiger partial charge in [-0.1, -0.05) is 30.4 Å². The van der Waals surface area contributed by atoms with Crippen LogP contribution >= 0.6 is 0 Å². The molecule has 3 aromatic rings. The Morgan fingerprint density at radius 3 is 1.35 bits per heavy atom. The molecule has 0 radical (unpaired) electrons. The van der Waals surface area contributed by atoms with Crippen LogP contribution in [0.3, 0.4) is 0 Å². The van der Waals surface area contributed by atoms with E-state index in [9.17, 15) is 14.4 Å². The zero-order valence-corrected chi connectivity index (χ0v) is 27.4. The summed E-state index contributed by atoms with van der Waals surface area (Å²) < 4.78 is 38.3. The van der Waals surface area contributed by atoms with Crippen LogP contribution < -0.4 is 28.4 Å². The summed E-state index contributed by atoms with van der Waals surface area (Å²) in [4.78, 5) is 41.2. The highest BCUT2D eigenvalue weighted by Gasteiger charge is 2.48. The van der Waals surface area contributed by atoms with Gasteiger partial charge in [-0.3, -0.25) is 14.4 Å². The van der Waals surface area contributed by atoms with Crippen LogP contribution in [-0.2, 0) is 24.7 Å². The van der Waals surface area contributed by atoms with Gasteiger partial charge in [0, 0.05) is 13.5 Å². The number of Topliss-reactive ketones (excluding diaryl/α,β-unsaturated/α-hetero) is 1. The SMILES string of the molecule is COc1ccc(/C=C/C(=O)C(C(=O)/C=C/c2ccc(OC)c(OC)c2)C(CC(C)=O)(OC)c2ccc(OC)c(OC)c2)cc1OC. The van der Waals surface area contributed by atoms with Gasteiger partial charge < -0.3 is 33.2 Å². The second-order valence-electron chi connectivity index (χ2n) is 10.2. The van der Waals surface area contributed by atoms with Crippen molar-refractivity contribution in [2.75, 3.05) is 49.8 Å². The summed E-state index contributed by atoms with van der Waals surface area (Å²) in [5, 5.41) is 0. The lowest BCUT2D eigenvalue weighted by Crippen LogP contribution is -2.46. The molecule has 1 unspecified atom stereocenters. The van der Waals surface area contributed by atoms with Crippen molar-refractivity contribution in [2.45, 2.75) is 18.9 Å². The largest absolute Gasteiger partial charge is 0.493 e. The average Bonchev–Trinajstić information content (AvgIpc) is 3.08. The standard InChI is InChI=1S/C36H40O10/c1-23(37)22-36(46-8,26-13-18-31(42-4)34(21-26)45-7)35(27(38)14-9-24-11-16-29(40-2)32(19-24)43-5)28(39)15-10-25-12-17-30(41-3)33(20-25)44-6/h9-21,35H,22H2,1-8H3/b14-9+,15-10+. The molecule has 0 fully saturated rings. The summed E-state index contributed by atoms with van der Waals surface area (Å²) in [5.74, 6) is -0.210. The number of rotatable bonds is 17. The molecule has 0 aliphatic heterocycles. The van der Waals surface area contributed by atoms with Crippen LogP contribution in [0.15, 0.2) is 66.7 Å². The molecule has 0 spiro atoms. The Kier molecular flexibility index (Phi) is 12.5. The highest BCUT2D eigenvalue weighted by molar-refractivity contribution is 6.15. The maximum absolute atomic E-state index is 14.2. The summed E-state index contributed by atoms with van der Waals surface area (Å²) in [7, 11) is 10.4. The number of carbonyl (C=O) groups is 3. The van der Waals surface area contributed by atoms with Crippen LogP contribution in [0.1, 0.15) is 30.0 Å². The molecule has 0 aliphatic carbocycles. The maximum atomic E-state index is 14.2. The monoisotopic (exact) mass is 632 g/mol. The van der Waals surface area contributed by atoms with E-state index in [2.05, 4.69) is 0 Å². The fraction of sp³-hybridized carbons (Fsp3) is 0.306. The molecule has 3 aromatic carbocycles. The van der Waals surface area contributed by atoms with Gasteiger partial charge in [0.05, 0.1) is 42.7 Å². The first-order chi connectivity index (χ1) is 22.1. The minimum atomic E-state index is -1.70. The molecule has 0 heterocycles. The number of allylic oxidation sites excluding steroid dienone is 2. The number of methoxy groups -OCH3 is 7. The molecule has 0 aliphatic rings. The Morgan fingerprint density at radius 1 is 0.587 bits per heavy atom. The second-order valence-corrected chi connectivity index (χ2v) is 10.2. The van der Waals surface area contributed by atoms with Crippen molar-refractivity contribution in [3.8, 4) is 34.5 Å². The third-order valence-corrected chi connectivity index (χ3v) is 7.48. The first kappa shape index (κ1) is 35.4. The van der Waals surface area contributed by atoms with E-state index in [0.717, 1.165) is 0 Å². The van der Waals surface area contributed by atoms with Gasteiger partial charge in [-0.05, 0) is 72.2 Å². The van der Waals surface area contributed by atoms with Crippen molar-refractivity contribution in [1.82, 2.24) is 0 Å². The predicted molar refractivity (Wildman–Crippen MR) is 174 cm³/mol. The smallest absolute Gasteiger partial charge is 0.169 e. The normalized spacial score (nSPS) is 12.5. The summed E-state index contributed by atoms with van der Waals surface area (Å²) >= 11 is 0. The molecule has 244 valence electrons. The number of ketones is 3. The number of carbonyl (C=O) groups excluding carboxylic acids is 3. The van der Waals surface area contributed by atoms with E-state index in [1.54, 1.807) is 66.7 Å². The molecule has 0 amide bonds. The van der Waals surface area contributed by atoms with E-state index < -0.39 is 23.1 Å². The summed E-state index contributed by atoms with van der Waals surface area (Å²) in [6.45, 7) is 1.37. The lowest BCUT2D eigenvalue weighted by atomic mass is 9.73. The maximum Gasteiger partial charge on any atom is 0.169 e. The fourth-order valence-corrected chi connectivity index (χ4v) is 5.21. The van der Waals surface area contributed by atoms with Crippen molar-refractivity contribution in [1.29, 1.82) is 0 Å². The zero-order chi connectivity index (χ0) is 33.9. The molecular formula is C36H40O10. The average molecular weight is 633 g/mol. The van der Waals surface area contributed by atoms with Gasteiger partial charge in [-0.15, -0.1) is 0 Å². The third-order valence-electron chi connectivity index (χ3n) is 7.48. The topological polar surface area (TPSA) is 116 Å². The second kappa shape index (κ2) is 16.3. The number of ether oxygens (including phenoxy) is 7. The number of hydrogen-bond donors (Lipinski definition) is 0. The highest BCUT2D eigenvalue weighted by atomic mass is 16.5. The molecule has 0 saturated heterocycles. The van der Waals surface area contributed by atoms with Crippen molar-refractivity contribution >= 4 is 29.5 Å². The Balaban J connectivity index is 2.20. The molecule has 10 heteroatoms. The summed E-state index contributed by atoms with van der Waals surface area (Å²) in [6, 6.07) is 15.2. The van der Waals surface area contributed by atoms with Gasteiger partial charge >= 0.3 is 0 Å². The Labute approximate surface area is 269 Å². The van der Waals surface area contributed by atoms with Crippen molar-refractivity contribution in [3.63, 3.8) is 0 Å². The summed E-state index contributed by atoms with van der Waals surface area (Å²) in [6.07, 6.45) is 5.43. The molecule has 3 rings (SSSR count). The van der Waals surface area contributed by atoms with Crippen molar-refractivity contribution in [3.05, 3.63) is 83.4 Å². The van der Waals surface area contributed by atoms with E-state index in [-0.39, 0.29) is 12.2 Å². The lowest BCUT2D eigenvalue weighted by Gasteiger charge is -2.37. The molecule has 0 aromatic heterocycles. The van der Waals surface area contributed by atoms with Crippen LogP contribution in [0.5, 0.6) is 34.5 Å². The molecule has 46 heavy (non-hydrogen) atoms. The quantitative estimate of drug-likeness (QED) is 0.135. The van der Waals surface area contributed by atoms with Gasteiger partial charge in [-0.25, -0.2) is 0 Å². The van der Waals surface area contributed by atoms with E-state index in [4.69, 9.17) is 33.2 Å². The molecule has 1 atom stereocenters. The van der Waals surface area contributed by atoms with E-state index in [1.807, 2.05) is 0 Å². The zero-order valence-electron chi connectivity index (χ0n) is 27.4. The Hall–Kier alpha value is -5.09. The van der Waals surface area contributed by atoms with Crippen LogP contribution in [0.2, 0.25) is 0 Å². The first-order valence-corrected chi connectivity index (χ1v) is 14.3. The minimum Gasteiger partial charge on any atom is -0.493 e. The van der Waals surface area contributed by atoms with E-state index in [1.165, 1.54) is 68.8 Å². The minimum absolute atomic E-state index is 0.282. The predicted octanol–water partition coefficient (Wildman–Crippen LogP) is 5.74. The first-order valence-electron chi connectivity index (χ1n) is 14.3. The van der Waals surface area contributed by atoms with E-state index in [0.29, 0.717) is 51.2 Å². The highest BCUT2D eigenvalue weighted by Crippen LogP contribution is 2.42. The Morgan fingerprint density at radius 2 is 0.978 bits per heavy atom. The van der Waals surface area contributed by atoms with Crippen LogP contribution in [0, 0.1) is 5.92 Å². The molecule has 0 saturated carbocycles. The van der Waals surface area contributed by atoms with Crippen LogP contribution in [0.4, 0.5) is 0 Å². The van der Waals surface area contributed by atoms with Crippen LogP contribution in [0.25, 0.3) is 12.2 Å². The van der Waals surface area contributed by atoms with Crippen molar-refractivity contribution < 1.29 is 47.5 Å². The lowest BCUT2D eigenvalue weighted by molar-refractivity contribution is -0.147. The Bertz CT molecular complexity index is 1530. The van der Waals surface area contributed by atoms with Crippen LogP contribution in [-0.4, -0.2) is 67.1 Å². The van der Waals surface area contributed by atoms with Gasteiger partial charge in [-0.2, -0.15) is 0 Å². The fourth-order valence-electron chi connectivity index (χ4n) is 5.21.